The van der Waals surface area contributed by atoms with Gasteiger partial charge in [-0.3, -0.25) is 9.94 Å². The number of aromatic nitrogens is 4. The number of hydrogen-bond donors (Lipinski definition) is 4. The van der Waals surface area contributed by atoms with Gasteiger partial charge >= 0.3 is 0 Å². The lowest BCUT2D eigenvalue weighted by Gasteiger charge is -2.29. The molecule has 198 valence electrons. The van der Waals surface area contributed by atoms with Crippen LogP contribution in [-0.2, 0) is 4.84 Å². The lowest BCUT2D eigenvalue weighted by Crippen LogP contribution is -2.35. The number of rotatable bonds is 12. The summed E-state index contributed by atoms with van der Waals surface area (Å²) in [7, 11) is 2.13. The van der Waals surface area contributed by atoms with Crippen LogP contribution in [0.4, 0.5) is 17.6 Å². The normalized spacial score (nSPS) is 15.5. The highest BCUT2D eigenvalue weighted by Gasteiger charge is 2.20. The lowest BCUT2D eigenvalue weighted by atomic mass is 10.0. The van der Waals surface area contributed by atoms with E-state index in [-0.39, 0.29) is 12.2 Å². The number of nitrogens with zero attached hydrogens (tertiary/aromatic N) is 4. The SMILES string of the molecule is C=C(CC(CNc1nc(Nc2cc(C(C)C)[nH]n2)cc(OC2CCN(C)CC2)n1)ON)c1ccccc1. The molecule has 1 aliphatic rings. The van der Waals surface area contributed by atoms with Crippen molar-refractivity contribution in [2.75, 3.05) is 37.3 Å². The first kappa shape index (κ1) is 26.6. The van der Waals surface area contributed by atoms with Crippen molar-refractivity contribution in [2.24, 2.45) is 5.90 Å². The van der Waals surface area contributed by atoms with Crippen LogP contribution in [-0.4, -0.2) is 64.0 Å². The third-order valence-corrected chi connectivity index (χ3v) is 6.47. The van der Waals surface area contributed by atoms with Crippen LogP contribution in [0.15, 0.2) is 49.0 Å². The van der Waals surface area contributed by atoms with Gasteiger partial charge in [0, 0.05) is 43.9 Å². The maximum Gasteiger partial charge on any atom is 0.228 e. The molecule has 0 amide bonds. The summed E-state index contributed by atoms with van der Waals surface area (Å²) in [5.74, 6) is 8.14. The summed E-state index contributed by atoms with van der Waals surface area (Å²) in [5, 5.41) is 13.9. The van der Waals surface area contributed by atoms with E-state index >= 15 is 0 Å². The van der Waals surface area contributed by atoms with Gasteiger partial charge in [0.2, 0.25) is 11.8 Å². The minimum Gasteiger partial charge on any atom is -0.474 e. The van der Waals surface area contributed by atoms with Gasteiger partial charge < -0.3 is 20.3 Å². The van der Waals surface area contributed by atoms with E-state index in [1.54, 1.807) is 6.07 Å². The molecule has 4 rings (SSSR count). The number of benzene rings is 1. The largest absolute Gasteiger partial charge is 0.474 e. The predicted molar refractivity (Wildman–Crippen MR) is 147 cm³/mol. The van der Waals surface area contributed by atoms with Crippen molar-refractivity contribution in [3.8, 4) is 5.88 Å². The second-order valence-corrected chi connectivity index (χ2v) is 9.84. The second-order valence-electron chi connectivity index (χ2n) is 9.84. The van der Waals surface area contributed by atoms with Gasteiger partial charge in [0.05, 0.1) is 6.10 Å². The Morgan fingerprint density at radius 2 is 1.92 bits per heavy atom. The van der Waals surface area contributed by atoms with Crippen LogP contribution in [0.2, 0.25) is 0 Å². The Hall–Kier alpha value is -3.47. The van der Waals surface area contributed by atoms with Crippen LogP contribution in [0.1, 0.15) is 50.3 Å². The molecule has 1 saturated heterocycles. The van der Waals surface area contributed by atoms with E-state index in [1.807, 2.05) is 36.4 Å². The van der Waals surface area contributed by atoms with Crippen LogP contribution in [0, 0.1) is 0 Å². The fourth-order valence-electron chi connectivity index (χ4n) is 4.17. The quantitative estimate of drug-likeness (QED) is 0.266. The number of aromatic amines is 1. The van der Waals surface area contributed by atoms with E-state index in [0.717, 1.165) is 42.8 Å². The second kappa shape index (κ2) is 12.7. The van der Waals surface area contributed by atoms with Gasteiger partial charge in [0.25, 0.3) is 0 Å². The molecule has 1 fully saturated rings. The zero-order valence-electron chi connectivity index (χ0n) is 21.9. The van der Waals surface area contributed by atoms with Crippen molar-refractivity contribution in [1.29, 1.82) is 0 Å². The zero-order chi connectivity index (χ0) is 26.2. The molecule has 1 atom stereocenters. The number of hydrogen-bond acceptors (Lipinski definition) is 9. The molecule has 1 aliphatic heterocycles. The fraction of sp³-hybridized carbons (Fsp3) is 0.444. The first-order chi connectivity index (χ1) is 17.9. The molecule has 0 spiro atoms. The summed E-state index contributed by atoms with van der Waals surface area (Å²) in [4.78, 5) is 16.8. The molecule has 3 heterocycles. The van der Waals surface area contributed by atoms with Crippen molar-refractivity contribution in [3.05, 3.63) is 60.3 Å². The molecule has 10 heteroatoms. The average molecular weight is 507 g/mol. The smallest absolute Gasteiger partial charge is 0.228 e. The minimum atomic E-state index is -0.314. The van der Waals surface area contributed by atoms with E-state index in [1.165, 1.54) is 0 Å². The number of ether oxygens (including phenoxy) is 1. The third-order valence-electron chi connectivity index (χ3n) is 6.47. The van der Waals surface area contributed by atoms with E-state index in [4.69, 9.17) is 15.5 Å². The molecule has 1 aromatic carbocycles. The van der Waals surface area contributed by atoms with Crippen molar-refractivity contribution < 1.29 is 9.57 Å². The summed E-state index contributed by atoms with van der Waals surface area (Å²) < 4.78 is 6.27. The summed E-state index contributed by atoms with van der Waals surface area (Å²) in [6.07, 6.45) is 2.27. The monoisotopic (exact) mass is 506 g/mol. The molecular formula is C27H38N8O2. The predicted octanol–water partition coefficient (Wildman–Crippen LogP) is 4.31. The van der Waals surface area contributed by atoms with Gasteiger partial charge in [-0.25, -0.2) is 5.90 Å². The van der Waals surface area contributed by atoms with E-state index in [2.05, 4.69) is 63.2 Å². The molecule has 37 heavy (non-hydrogen) atoms. The average Bonchev–Trinajstić information content (AvgIpc) is 3.37. The molecular weight excluding hydrogens is 468 g/mol. The molecule has 0 aliphatic carbocycles. The molecule has 3 aromatic rings. The van der Waals surface area contributed by atoms with Gasteiger partial charge in [-0.1, -0.05) is 50.8 Å². The number of piperidine rings is 1. The van der Waals surface area contributed by atoms with Crippen LogP contribution < -0.4 is 21.3 Å². The maximum atomic E-state index is 6.27. The molecule has 2 aromatic heterocycles. The molecule has 5 N–H and O–H groups in total. The Labute approximate surface area is 218 Å². The first-order valence-electron chi connectivity index (χ1n) is 12.8. The van der Waals surface area contributed by atoms with Crippen LogP contribution in [0.25, 0.3) is 5.57 Å². The molecule has 10 nitrogen and oxygen atoms in total. The van der Waals surface area contributed by atoms with Crippen LogP contribution >= 0.6 is 0 Å². The van der Waals surface area contributed by atoms with Crippen molar-refractivity contribution in [3.63, 3.8) is 0 Å². The molecule has 1 unspecified atom stereocenters. The molecule has 0 saturated carbocycles. The summed E-state index contributed by atoms with van der Waals surface area (Å²) in [6.45, 7) is 10.8. The number of likely N-dealkylation sites (tertiary alicyclic amines) is 1. The lowest BCUT2D eigenvalue weighted by molar-refractivity contribution is 0.0660. The number of nitrogens with two attached hydrogens (primary N) is 1. The van der Waals surface area contributed by atoms with Crippen molar-refractivity contribution in [2.45, 2.75) is 51.2 Å². The topological polar surface area (TPSA) is 126 Å². The van der Waals surface area contributed by atoms with Crippen LogP contribution in [0.5, 0.6) is 5.88 Å². The molecule has 0 radical (unpaired) electrons. The van der Waals surface area contributed by atoms with Gasteiger partial charge in [0.1, 0.15) is 11.9 Å². The van der Waals surface area contributed by atoms with Gasteiger partial charge in [-0.15, -0.1) is 0 Å². The van der Waals surface area contributed by atoms with E-state index in [9.17, 15) is 0 Å². The summed E-state index contributed by atoms with van der Waals surface area (Å²) in [6, 6.07) is 13.8. The summed E-state index contributed by atoms with van der Waals surface area (Å²) in [5.41, 5.74) is 3.04. The van der Waals surface area contributed by atoms with Gasteiger partial charge in [-0.2, -0.15) is 15.1 Å². The number of anilines is 3. The highest BCUT2D eigenvalue weighted by Crippen LogP contribution is 2.25. The zero-order valence-corrected chi connectivity index (χ0v) is 21.9. The first-order valence-corrected chi connectivity index (χ1v) is 12.8. The maximum absolute atomic E-state index is 6.27. The fourth-order valence-corrected chi connectivity index (χ4v) is 4.17. The van der Waals surface area contributed by atoms with E-state index in [0.29, 0.717) is 42.3 Å². The Morgan fingerprint density at radius 1 is 1.16 bits per heavy atom. The highest BCUT2D eigenvalue weighted by atomic mass is 16.6. The number of nitrogens with one attached hydrogen (secondary N) is 3. The Balaban J connectivity index is 1.46. The van der Waals surface area contributed by atoms with Crippen LogP contribution in [0.3, 0.4) is 0 Å². The highest BCUT2D eigenvalue weighted by molar-refractivity contribution is 5.63. The Morgan fingerprint density at radius 3 is 2.59 bits per heavy atom. The summed E-state index contributed by atoms with van der Waals surface area (Å²) >= 11 is 0. The minimum absolute atomic E-state index is 0.110. The van der Waals surface area contributed by atoms with E-state index < -0.39 is 0 Å². The number of H-pyrrole nitrogens is 1. The Bertz CT molecular complexity index is 1140. The Kier molecular flexibility index (Phi) is 9.10. The van der Waals surface area contributed by atoms with Crippen molar-refractivity contribution in [1.82, 2.24) is 25.1 Å². The van der Waals surface area contributed by atoms with Crippen molar-refractivity contribution >= 4 is 23.2 Å². The third kappa shape index (κ3) is 7.75. The standard InChI is InChI=1S/C27H38N8O2/c1-18(2)23-15-25(34-33-23)30-24-16-26(36-21-10-12-35(4)13-11-21)32-27(31-24)29-17-22(37-28)14-19(3)20-8-6-5-7-9-20/h5-9,15-16,18,21-22H,3,10-14,17,28H2,1-2,4H3,(H3,29,30,31,32,33,34). The van der Waals surface area contributed by atoms with Gasteiger partial charge in [0.15, 0.2) is 5.82 Å². The molecule has 0 bridgehead atoms. The van der Waals surface area contributed by atoms with Gasteiger partial charge in [-0.05, 0) is 36.9 Å².